The molecule has 0 N–H and O–H groups in total. The fourth-order valence-electron chi connectivity index (χ4n) is 2.76. The first kappa shape index (κ1) is 16.1. The van der Waals surface area contributed by atoms with Crippen molar-refractivity contribution in [3.8, 4) is 22.8 Å². The van der Waals surface area contributed by atoms with Crippen molar-refractivity contribution in [3.63, 3.8) is 0 Å². The van der Waals surface area contributed by atoms with Crippen LogP contribution in [0.4, 0.5) is 0 Å². The smallest absolute Gasteiger partial charge is 0.160 e. The molecule has 3 aromatic rings. The minimum atomic E-state index is 0.753. The van der Waals surface area contributed by atoms with Gasteiger partial charge in [0.25, 0.3) is 0 Å². The standard InChI is InChI=1S/C20H22N2O2/c1-15-13-18(17-7-5-4-6-8-17)21-22(15)12-11-16-9-10-19(23-2)20(14-16)24-3/h4-10,13-14H,11-12H2,1-3H3. The number of aromatic nitrogens is 2. The third-order valence-corrected chi connectivity index (χ3v) is 4.11. The molecule has 1 aromatic heterocycles. The van der Waals surface area contributed by atoms with Crippen LogP contribution in [0.5, 0.6) is 11.5 Å². The van der Waals surface area contributed by atoms with Crippen molar-refractivity contribution in [1.82, 2.24) is 9.78 Å². The molecular weight excluding hydrogens is 300 g/mol. The fraction of sp³-hybridized carbons (Fsp3) is 0.250. The van der Waals surface area contributed by atoms with E-state index in [0.29, 0.717) is 0 Å². The highest BCUT2D eigenvalue weighted by molar-refractivity contribution is 5.59. The number of hydrogen-bond donors (Lipinski definition) is 0. The van der Waals surface area contributed by atoms with Crippen LogP contribution in [0, 0.1) is 6.92 Å². The number of hydrogen-bond acceptors (Lipinski definition) is 3. The Labute approximate surface area is 142 Å². The summed E-state index contributed by atoms with van der Waals surface area (Å²) < 4.78 is 12.7. The second-order valence-electron chi connectivity index (χ2n) is 5.70. The molecule has 0 aliphatic heterocycles. The Kier molecular flexibility index (Phi) is 4.85. The molecule has 0 bridgehead atoms. The van der Waals surface area contributed by atoms with Gasteiger partial charge < -0.3 is 9.47 Å². The maximum atomic E-state index is 5.37. The molecule has 3 rings (SSSR count). The van der Waals surface area contributed by atoms with Crippen LogP contribution in [0.1, 0.15) is 11.3 Å². The van der Waals surface area contributed by atoms with Crippen LogP contribution in [0.2, 0.25) is 0 Å². The molecule has 24 heavy (non-hydrogen) atoms. The van der Waals surface area contributed by atoms with E-state index < -0.39 is 0 Å². The van der Waals surface area contributed by atoms with Crippen molar-refractivity contribution in [3.05, 3.63) is 65.9 Å². The molecule has 0 atom stereocenters. The summed E-state index contributed by atoms with van der Waals surface area (Å²) in [5, 5.41) is 4.73. The van der Waals surface area contributed by atoms with Crippen molar-refractivity contribution >= 4 is 0 Å². The second-order valence-corrected chi connectivity index (χ2v) is 5.70. The topological polar surface area (TPSA) is 36.3 Å². The maximum absolute atomic E-state index is 5.37. The molecule has 0 aliphatic carbocycles. The zero-order valence-corrected chi connectivity index (χ0v) is 14.3. The summed E-state index contributed by atoms with van der Waals surface area (Å²) in [6.45, 7) is 2.92. The molecule has 0 spiro atoms. The summed E-state index contributed by atoms with van der Waals surface area (Å²) in [5.41, 5.74) is 4.52. The maximum Gasteiger partial charge on any atom is 0.160 e. The van der Waals surface area contributed by atoms with Crippen LogP contribution < -0.4 is 9.47 Å². The van der Waals surface area contributed by atoms with Crippen molar-refractivity contribution < 1.29 is 9.47 Å². The van der Waals surface area contributed by atoms with E-state index in [-0.39, 0.29) is 0 Å². The summed E-state index contributed by atoms with van der Waals surface area (Å²) >= 11 is 0. The quantitative estimate of drug-likeness (QED) is 0.685. The third-order valence-electron chi connectivity index (χ3n) is 4.11. The van der Waals surface area contributed by atoms with E-state index in [9.17, 15) is 0 Å². The summed E-state index contributed by atoms with van der Waals surface area (Å²) in [4.78, 5) is 0. The van der Waals surface area contributed by atoms with E-state index in [0.717, 1.165) is 41.4 Å². The molecule has 4 nitrogen and oxygen atoms in total. The van der Waals surface area contributed by atoms with E-state index >= 15 is 0 Å². The highest BCUT2D eigenvalue weighted by atomic mass is 16.5. The van der Waals surface area contributed by atoms with Gasteiger partial charge in [0, 0.05) is 17.8 Å². The Bertz CT molecular complexity index is 810. The molecule has 0 saturated heterocycles. The highest BCUT2D eigenvalue weighted by Crippen LogP contribution is 2.28. The average Bonchev–Trinajstić information content (AvgIpc) is 3.01. The molecule has 2 aromatic carbocycles. The Balaban J connectivity index is 1.74. The highest BCUT2D eigenvalue weighted by Gasteiger charge is 2.08. The van der Waals surface area contributed by atoms with Crippen molar-refractivity contribution in [1.29, 1.82) is 0 Å². The molecule has 1 heterocycles. The molecular formula is C20H22N2O2. The van der Waals surface area contributed by atoms with Gasteiger partial charge in [-0.25, -0.2) is 0 Å². The van der Waals surface area contributed by atoms with Gasteiger partial charge in [0.15, 0.2) is 11.5 Å². The van der Waals surface area contributed by atoms with Gasteiger partial charge in [-0.05, 0) is 37.1 Å². The van der Waals surface area contributed by atoms with E-state index in [1.165, 1.54) is 5.56 Å². The zero-order valence-electron chi connectivity index (χ0n) is 14.3. The van der Waals surface area contributed by atoms with Crippen LogP contribution in [0.3, 0.4) is 0 Å². The Morgan fingerprint density at radius 1 is 0.917 bits per heavy atom. The molecule has 0 saturated carbocycles. The lowest BCUT2D eigenvalue weighted by molar-refractivity contribution is 0.354. The first-order valence-corrected chi connectivity index (χ1v) is 8.02. The van der Waals surface area contributed by atoms with E-state index in [1.54, 1.807) is 14.2 Å². The largest absolute Gasteiger partial charge is 0.493 e. The Morgan fingerprint density at radius 3 is 2.38 bits per heavy atom. The van der Waals surface area contributed by atoms with Crippen molar-refractivity contribution in [2.45, 2.75) is 19.9 Å². The van der Waals surface area contributed by atoms with Crippen LogP contribution in [-0.4, -0.2) is 24.0 Å². The third kappa shape index (κ3) is 3.43. The number of rotatable bonds is 6. The van der Waals surface area contributed by atoms with Gasteiger partial charge in [-0.1, -0.05) is 36.4 Å². The predicted molar refractivity (Wildman–Crippen MR) is 95.7 cm³/mol. The first-order valence-electron chi connectivity index (χ1n) is 8.02. The lowest BCUT2D eigenvalue weighted by Crippen LogP contribution is -2.05. The minimum absolute atomic E-state index is 0.753. The minimum Gasteiger partial charge on any atom is -0.493 e. The molecule has 0 radical (unpaired) electrons. The fourth-order valence-corrected chi connectivity index (χ4v) is 2.76. The monoisotopic (exact) mass is 322 g/mol. The van der Waals surface area contributed by atoms with Gasteiger partial charge in [-0.3, -0.25) is 4.68 Å². The van der Waals surface area contributed by atoms with Gasteiger partial charge in [0.1, 0.15) is 0 Å². The summed E-state index contributed by atoms with van der Waals surface area (Å²) in [6.07, 6.45) is 0.886. The number of ether oxygens (including phenoxy) is 2. The molecule has 124 valence electrons. The Hall–Kier alpha value is -2.75. The number of nitrogens with zero attached hydrogens (tertiary/aromatic N) is 2. The lowest BCUT2D eigenvalue weighted by atomic mass is 10.1. The van der Waals surface area contributed by atoms with Gasteiger partial charge in [-0.15, -0.1) is 0 Å². The number of aryl methyl sites for hydroxylation is 3. The lowest BCUT2D eigenvalue weighted by Gasteiger charge is -2.10. The van der Waals surface area contributed by atoms with E-state index in [4.69, 9.17) is 14.6 Å². The van der Waals surface area contributed by atoms with Gasteiger partial charge >= 0.3 is 0 Å². The van der Waals surface area contributed by atoms with Crippen LogP contribution in [0.25, 0.3) is 11.3 Å². The molecule has 0 fully saturated rings. The molecule has 4 heteroatoms. The van der Waals surface area contributed by atoms with Crippen molar-refractivity contribution in [2.24, 2.45) is 0 Å². The molecule has 0 aliphatic rings. The number of methoxy groups -OCH3 is 2. The van der Waals surface area contributed by atoms with Gasteiger partial charge in [-0.2, -0.15) is 5.10 Å². The summed E-state index contributed by atoms with van der Waals surface area (Å²) in [6, 6.07) is 18.4. The van der Waals surface area contributed by atoms with E-state index in [1.807, 2.05) is 30.3 Å². The SMILES string of the molecule is COc1ccc(CCn2nc(-c3ccccc3)cc2C)cc1OC. The Morgan fingerprint density at radius 2 is 1.67 bits per heavy atom. The predicted octanol–water partition coefficient (Wildman–Crippen LogP) is 4.12. The second kappa shape index (κ2) is 7.21. The first-order chi connectivity index (χ1) is 11.7. The van der Waals surface area contributed by atoms with Crippen LogP contribution >= 0.6 is 0 Å². The van der Waals surface area contributed by atoms with Crippen LogP contribution in [0.15, 0.2) is 54.6 Å². The van der Waals surface area contributed by atoms with Crippen molar-refractivity contribution in [2.75, 3.05) is 14.2 Å². The number of benzene rings is 2. The zero-order chi connectivity index (χ0) is 16.9. The normalized spacial score (nSPS) is 10.6. The van der Waals surface area contributed by atoms with E-state index in [2.05, 4.69) is 35.9 Å². The molecule has 0 amide bonds. The summed E-state index contributed by atoms with van der Waals surface area (Å²) in [7, 11) is 3.31. The average molecular weight is 322 g/mol. The van der Waals surface area contributed by atoms with Gasteiger partial charge in [0.05, 0.1) is 19.9 Å². The molecule has 0 unspecified atom stereocenters. The summed E-state index contributed by atoms with van der Waals surface area (Å²) in [5.74, 6) is 1.51. The van der Waals surface area contributed by atoms with Gasteiger partial charge in [0.2, 0.25) is 0 Å². The van der Waals surface area contributed by atoms with Crippen LogP contribution in [-0.2, 0) is 13.0 Å².